The summed E-state index contributed by atoms with van der Waals surface area (Å²) in [6.45, 7) is 1.31. The van der Waals surface area contributed by atoms with E-state index >= 15 is 0 Å². The standard InChI is InChI=1S/C22H21N3O3S/c26-18(15-5-2-1-3-6-15)14-29-22-24-23-21(25(22)17-8-9-17)16-7-10-19-20(13-16)28-12-4-11-27-19/h1-3,5-7,10,13,17H,4,8-9,11-12,14H2. The largest absolute Gasteiger partial charge is 0.490 e. The van der Waals surface area contributed by atoms with E-state index in [9.17, 15) is 4.79 Å². The summed E-state index contributed by atoms with van der Waals surface area (Å²) in [5.41, 5.74) is 1.68. The average molecular weight is 407 g/mol. The molecule has 2 aliphatic rings. The molecule has 1 fully saturated rings. The Morgan fingerprint density at radius 3 is 2.62 bits per heavy atom. The number of carbonyl (C=O) groups is 1. The molecule has 1 aliphatic carbocycles. The fourth-order valence-electron chi connectivity index (χ4n) is 3.37. The van der Waals surface area contributed by atoms with Crippen LogP contribution >= 0.6 is 11.8 Å². The van der Waals surface area contributed by atoms with Crippen molar-refractivity contribution in [2.24, 2.45) is 0 Å². The molecule has 0 spiro atoms. The second kappa shape index (κ2) is 7.91. The van der Waals surface area contributed by atoms with Crippen LogP contribution in [0.3, 0.4) is 0 Å². The first kappa shape index (κ1) is 18.2. The van der Waals surface area contributed by atoms with Crippen molar-refractivity contribution in [2.75, 3.05) is 19.0 Å². The van der Waals surface area contributed by atoms with E-state index in [1.54, 1.807) is 0 Å². The van der Waals surface area contributed by atoms with Crippen LogP contribution in [0.4, 0.5) is 0 Å². The number of fused-ring (bicyclic) bond motifs is 1. The molecule has 29 heavy (non-hydrogen) atoms. The lowest BCUT2D eigenvalue weighted by Crippen LogP contribution is -2.05. The molecule has 0 saturated heterocycles. The van der Waals surface area contributed by atoms with Gasteiger partial charge in [0.2, 0.25) is 0 Å². The quantitative estimate of drug-likeness (QED) is 0.445. The zero-order chi connectivity index (χ0) is 19.6. The van der Waals surface area contributed by atoms with E-state index in [2.05, 4.69) is 14.8 Å². The van der Waals surface area contributed by atoms with Gasteiger partial charge in [-0.25, -0.2) is 0 Å². The van der Waals surface area contributed by atoms with Crippen molar-refractivity contribution in [3.63, 3.8) is 0 Å². The minimum absolute atomic E-state index is 0.0954. The monoisotopic (exact) mass is 407 g/mol. The number of rotatable bonds is 6. The van der Waals surface area contributed by atoms with Gasteiger partial charge in [0.25, 0.3) is 0 Å². The van der Waals surface area contributed by atoms with Gasteiger partial charge in [-0.2, -0.15) is 0 Å². The summed E-state index contributed by atoms with van der Waals surface area (Å²) in [6.07, 6.45) is 3.09. The van der Waals surface area contributed by atoms with Gasteiger partial charge in [-0.15, -0.1) is 10.2 Å². The molecule has 0 radical (unpaired) electrons. The van der Waals surface area contributed by atoms with Crippen molar-refractivity contribution >= 4 is 17.5 Å². The molecule has 148 valence electrons. The molecule has 0 N–H and O–H groups in total. The molecule has 5 rings (SSSR count). The summed E-state index contributed by atoms with van der Waals surface area (Å²) in [6, 6.07) is 15.7. The van der Waals surface area contributed by atoms with Crippen LogP contribution in [0.1, 0.15) is 35.7 Å². The van der Waals surface area contributed by atoms with Crippen molar-refractivity contribution < 1.29 is 14.3 Å². The number of ether oxygens (including phenoxy) is 2. The SMILES string of the molecule is O=C(CSc1nnc(-c2ccc3c(c2)OCCCO3)n1C1CC1)c1ccccc1. The summed E-state index contributed by atoms with van der Waals surface area (Å²) >= 11 is 1.45. The third-order valence-corrected chi connectivity index (χ3v) is 5.95. The summed E-state index contributed by atoms with van der Waals surface area (Å²) in [4.78, 5) is 12.5. The second-order valence-corrected chi connectivity index (χ2v) is 8.14. The molecule has 0 bridgehead atoms. The Hall–Kier alpha value is -2.80. The van der Waals surface area contributed by atoms with Gasteiger partial charge in [-0.3, -0.25) is 9.36 Å². The molecule has 2 heterocycles. The van der Waals surface area contributed by atoms with Crippen LogP contribution in [0.25, 0.3) is 11.4 Å². The first-order valence-electron chi connectivity index (χ1n) is 9.85. The highest BCUT2D eigenvalue weighted by molar-refractivity contribution is 7.99. The molecule has 6 nitrogen and oxygen atoms in total. The Morgan fingerprint density at radius 1 is 1.03 bits per heavy atom. The summed E-state index contributed by atoms with van der Waals surface area (Å²) in [7, 11) is 0. The van der Waals surface area contributed by atoms with Crippen molar-refractivity contribution in [3.05, 3.63) is 54.1 Å². The lowest BCUT2D eigenvalue weighted by Gasteiger charge is -2.11. The van der Waals surface area contributed by atoms with Crippen LogP contribution in [0.2, 0.25) is 0 Å². The molecular formula is C22H21N3O3S. The Labute approximate surface area is 173 Å². The Kier molecular flexibility index (Phi) is 4.97. The maximum atomic E-state index is 12.5. The fraction of sp³-hybridized carbons (Fsp3) is 0.318. The van der Waals surface area contributed by atoms with E-state index in [0.29, 0.717) is 25.0 Å². The van der Waals surface area contributed by atoms with Crippen LogP contribution in [-0.2, 0) is 0 Å². The summed E-state index contributed by atoms with van der Waals surface area (Å²) in [5, 5.41) is 9.65. The number of ketones is 1. The molecule has 1 saturated carbocycles. The molecule has 3 aromatic rings. The molecule has 0 unspecified atom stereocenters. The van der Waals surface area contributed by atoms with Crippen molar-refractivity contribution in [2.45, 2.75) is 30.5 Å². The van der Waals surface area contributed by atoms with Crippen LogP contribution in [0.5, 0.6) is 11.5 Å². The molecule has 7 heteroatoms. The van der Waals surface area contributed by atoms with E-state index in [4.69, 9.17) is 9.47 Å². The van der Waals surface area contributed by atoms with E-state index in [0.717, 1.165) is 52.9 Å². The highest BCUT2D eigenvalue weighted by Crippen LogP contribution is 2.42. The Morgan fingerprint density at radius 2 is 1.83 bits per heavy atom. The van der Waals surface area contributed by atoms with Gasteiger partial charge in [0.1, 0.15) is 0 Å². The smallest absolute Gasteiger partial charge is 0.192 e. The highest BCUT2D eigenvalue weighted by Gasteiger charge is 2.30. The second-order valence-electron chi connectivity index (χ2n) is 7.20. The van der Waals surface area contributed by atoms with Crippen molar-refractivity contribution in [3.8, 4) is 22.9 Å². The van der Waals surface area contributed by atoms with E-state index in [1.165, 1.54) is 11.8 Å². The van der Waals surface area contributed by atoms with Gasteiger partial charge in [0.05, 0.1) is 19.0 Å². The third kappa shape index (κ3) is 3.87. The van der Waals surface area contributed by atoms with E-state index in [-0.39, 0.29) is 5.78 Å². The molecule has 1 aromatic heterocycles. The number of carbonyl (C=O) groups excluding carboxylic acids is 1. The topological polar surface area (TPSA) is 66.2 Å². The average Bonchev–Trinajstić information content (AvgIpc) is 3.55. The van der Waals surface area contributed by atoms with Crippen molar-refractivity contribution in [1.82, 2.24) is 14.8 Å². The Balaban J connectivity index is 1.40. The predicted octanol–water partition coefficient (Wildman–Crippen LogP) is 4.42. The zero-order valence-electron chi connectivity index (χ0n) is 15.9. The van der Waals surface area contributed by atoms with Crippen molar-refractivity contribution in [1.29, 1.82) is 0 Å². The molecule has 1 aliphatic heterocycles. The summed E-state index contributed by atoms with van der Waals surface area (Å²) < 4.78 is 13.7. The minimum atomic E-state index is 0.0954. The van der Waals surface area contributed by atoms with Crippen LogP contribution in [0, 0.1) is 0 Å². The maximum Gasteiger partial charge on any atom is 0.192 e. The number of hydrogen-bond donors (Lipinski definition) is 0. The molecule has 2 aromatic carbocycles. The number of aromatic nitrogens is 3. The zero-order valence-corrected chi connectivity index (χ0v) is 16.7. The minimum Gasteiger partial charge on any atom is -0.490 e. The van der Waals surface area contributed by atoms with E-state index in [1.807, 2.05) is 48.5 Å². The number of nitrogens with zero attached hydrogens (tertiary/aromatic N) is 3. The lowest BCUT2D eigenvalue weighted by molar-refractivity contribution is 0.102. The number of hydrogen-bond acceptors (Lipinski definition) is 6. The number of thioether (sulfide) groups is 1. The van der Waals surface area contributed by atoms with Gasteiger partial charge < -0.3 is 9.47 Å². The van der Waals surface area contributed by atoms with E-state index < -0.39 is 0 Å². The van der Waals surface area contributed by atoms with Crippen LogP contribution in [-0.4, -0.2) is 39.5 Å². The van der Waals surface area contributed by atoms with Gasteiger partial charge in [-0.05, 0) is 31.0 Å². The third-order valence-electron chi connectivity index (χ3n) is 5.01. The number of Topliss-reactive ketones (excluding diaryl/α,β-unsaturated/α-hetero) is 1. The predicted molar refractivity (Wildman–Crippen MR) is 111 cm³/mol. The molecule has 0 atom stereocenters. The normalized spacial score (nSPS) is 15.7. The first-order chi connectivity index (χ1) is 14.3. The fourth-order valence-corrected chi connectivity index (χ4v) is 4.27. The number of benzene rings is 2. The maximum absolute atomic E-state index is 12.5. The van der Waals surface area contributed by atoms with Crippen LogP contribution in [0.15, 0.2) is 53.7 Å². The molecule has 0 amide bonds. The van der Waals surface area contributed by atoms with Gasteiger partial charge in [-0.1, -0.05) is 42.1 Å². The Bertz CT molecular complexity index is 1030. The molecular weight excluding hydrogens is 386 g/mol. The first-order valence-corrected chi connectivity index (χ1v) is 10.8. The lowest BCUT2D eigenvalue weighted by atomic mass is 10.2. The van der Waals surface area contributed by atoms with Gasteiger partial charge in [0, 0.05) is 23.6 Å². The van der Waals surface area contributed by atoms with Crippen LogP contribution < -0.4 is 9.47 Å². The summed E-state index contributed by atoms with van der Waals surface area (Å²) in [5.74, 6) is 2.78. The van der Waals surface area contributed by atoms with Gasteiger partial charge in [0.15, 0.2) is 28.3 Å². The van der Waals surface area contributed by atoms with Gasteiger partial charge >= 0.3 is 0 Å². The highest BCUT2D eigenvalue weighted by atomic mass is 32.2.